The Bertz CT molecular complexity index is 1240. The number of fused-ring (bicyclic) bond motifs is 1. The van der Waals surface area contributed by atoms with Crippen LogP contribution in [0.25, 0.3) is 22.2 Å². The first-order valence-electron chi connectivity index (χ1n) is 9.47. The molecule has 29 heavy (non-hydrogen) atoms. The van der Waals surface area contributed by atoms with Crippen LogP contribution in [0.2, 0.25) is 0 Å². The number of amides is 1. The molecule has 1 saturated carbocycles. The summed E-state index contributed by atoms with van der Waals surface area (Å²) in [6.45, 7) is 1.93. The van der Waals surface area contributed by atoms with Gasteiger partial charge in [-0.3, -0.25) is 9.78 Å². The van der Waals surface area contributed by atoms with Crippen molar-refractivity contribution in [3.05, 3.63) is 77.9 Å². The Morgan fingerprint density at radius 1 is 1.10 bits per heavy atom. The number of carbonyl (C=O) groups excluding carboxylic acids is 1. The molecule has 0 saturated heterocycles. The third kappa shape index (κ3) is 2.97. The van der Waals surface area contributed by atoms with Crippen LogP contribution in [0.1, 0.15) is 24.2 Å². The van der Waals surface area contributed by atoms with E-state index in [1.807, 2.05) is 37.3 Å². The molecule has 4 aromatic rings. The molecule has 1 aliphatic carbocycles. The van der Waals surface area contributed by atoms with E-state index in [2.05, 4.69) is 15.5 Å². The summed E-state index contributed by atoms with van der Waals surface area (Å²) in [5.41, 5.74) is 2.58. The molecule has 144 valence electrons. The number of nitrogens with zero attached hydrogens (tertiary/aromatic N) is 2. The first kappa shape index (κ1) is 17.6. The summed E-state index contributed by atoms with van der Waals surface area (Å²) in [6.07, 6.45) is 1.34. The van der Waals surface area contributed by atoms with E-state index in [0.29, 0.717) is 35.5 Å². The fourth-order valence-corrected chi connectivity index (χ4v) is 3.62. The maximum absolute atomic E-state index is 14.0. The molecule has 5 nitrogen and oxygen atoms in total. The molecule has 0 spiro atoms. The highest BCUT2D eigenvalue weighted by atomic mass is 19.1. The first-order chi connectivity index (χ1) is 14.1. The maximum Gasteiger partial charge on any atom is 0.236 e. The molecule has 5 rings (SSSR count). The quantitative estimate of drug-likeness (QED) is 0.535. The molecule has 1 amide bonds. The SMILES string of the molecule is Cc1ccc2c(NC(=O)C3(c4cc(-c5ccccc5F)on4)CC3)cccc2n1. The summed E-state index contributed by atoms with van der Waals surface area (Å²) in [5.74, 6) is -0.205. The highest BCUT2D eigenvalue weighted by molar-refractivity contribution is 6.06. The second kappa shape index (κ2) is 6.51. The number of benzene rings is 2. The van der Waals surface area contributed by atoms with Crippen LogP contribution in [0.15, 0.2) is 65.2 Å². The minimum absolute atomic E-state index is 0.140. The van der Waals surface area contributed by atoms with Gasteiger partial charge in [0.05, 0.1) is 27.9 Å². The number of carbonyl (C=O) groups is 1. The van der Waals surface area contributed by atoms with Crippen molar-refractivity contribution < 1.29 is 13.7 Å². The Morgan fingerprint density at radius 3 is 2.72 bits per heavy atom. The molecule has 1 fully saturated rings. The number of halogens is 1. The molecule has 6 heteroatoms. The maximum atomic E-state index is 14.0. The average molecular weight is 387 g/mol. The van der Waals surface area contributed by atoms with Crippen molar-refractivity contribution in [3.8, 4) is 11.3 Å². The molecule has 1 N–H and O–H groups in total. The van der Waals surface area contributed by atoms with Crippen molar-refractivity contribution in [2.45, 2.75) is 25.2 Å². The normalized spacial score (nSPS) is 14.7. The van der Waals surface area contributed by atoms with E-state index in [1.165, 1.54) is 6.07 Å². The van der Waals surface area contributed by atoms with Crippen LogP contribution in [0, 0.1) is 12.7 Å². The minimum atomic E-state index is -0.743. The third-order valence-electron chi connectivity index (χ3n) is 5.44. The minimum Gasteiger partial charge on any atom is -0.356 e. The molecule has 0 unspecified atom stereocenters. The van der Waals surface area contributed by atoms with Gasteiger partial charge in [0.25, 0.3) is 0 Å². The van der Waals surface area contributed by atoms with Gasteiger partial charge in [-0.2, -0.15) is 0 Å². The number of hydrogen-bond donors (Lipinski definition) is 1. The molecule has 0 radical (unpaired) electrons. The fraction of sp³-hybridized carbons (Fsp3) is 0.174. The van der Waals surface area contributed by atoms with Crippen molar-refractivity contribution in [2.75, 3.05) is 5.32 Å². The fourth-order valence-electron chi connectivity index (χ4n) is 3.62. The van der Waals surface area contributed by atoms with E-state index in [9.17, 15) is 9.18 Å². The number of hydrogen-bond acceptors (Lipinski definition) is 4. The number of anilines is 1. The zero-order valence-corrected chi connectivity index (χ0v) is 15.8. The van der Waals surface area contributed by atoms with E-state index >= 15 is 0 Å². The van der Waals surface area contributed by atoms with Crippen LogP contribution < -0.4 is 5.32 Å². The van der Waals surface area contributed by atoms with Crippen LogP contribution in [0.3, 0.4) is 0 Å². The van der Waals surface area contributed by atoms with Crippen molar-refractivity contribution in [2.24, 2.45) is 0 Å². The summed E-state index contributed by atoms with van der Waals surface area (Å²) in [5, 5.41) is 8.00. The monoisotopic (exact) mass is 387 g/mol. The number of nitrogens with one attached hydrogen (secondary N) is 1. The number of aryl methyl sites for hydroxylation is 1. The smallest absolute Gasteiger partial charge is 0.236 e. The number of aromatic nitrogens is 2. The van der Waals surface area contributed by atoms with E-state index in [-0.39, 0.29) is 11.7 Å². The van der Waals surface area contributed by atoms with Crippen LogP contribution in [0.5, 0.6) is 0 Å². The van der Waals surface area contributed by atoms with Crippen LogP contribution in [0.4, 0.5) is 10.1 Å². The van der Waals surface area contributed by atoms with Gasteiger partial charge in [-0.15, -0.1) is 0 Å². The molecular formula is C23H18FN3O2. The summed E-state index contributed by atoms with van der Waals surface area (Å²) in [7, 11) is 0. The van der Waals surface area contributed by atoms with E-state index < -0.39 is 5.41 Å². The lowest BCUT2D eigenvalue weighted by atomic mass is 9.99. The lowest BCUT2D eigenvalue weighted by Crippen LogP contribution is -2.28. The highest BCUT2D eigenvalue weighted by Gasteiger charge is 2.54. The average Bonchev–Trinajstić information content (AvgIpc) is 3.39. The van der Waals surface area contributed by atoms with Crippen molar-refractivity contribution in [1.82, 2.24) is 10.1 Å². The molecule has 0 atom stereocenters. The zero-order chi connectivity index (χ0) is 20.0. The molecule has 2 aromatic heterocycles. The van der Waals surface area contributed by atoms with Crippen molar-refractivity contribution >= 4 is 22.5 Å². The van der Waals surface area contributed by atoms with Crippen LogP contribution >= 0.6 is 0 Å². The van der Waals surface area contributed by atoms with Gasteiger partial charge in [0, 0.05) is 17.1 Å². The lowest BCUT2D eigenvalue weighted by Gasteiger charge is -2.14. The number of pyridine rings is 1. The summed E-state index contributed by atoms with van der Waals surface area (Å²) < 4.78 is 19.4. The Balaban J connectivity index is 1.45. The van der Waals surface area contributed by atoms with Gasteiger partial charge in [-0.1, -0.05) is 23.4 Å². The third-order valence-corrected chi connectivity index (χ3v) is 5.44. The van der Waals surface area contributed by atoms with Crippen LogP contribution in [-0.2, 0) is 10.2 Å². The van der Waals surface area contributed by atoms with Gasteiger partial charge in [0.15, 0.2) is 5.76 Å². The van der Waals surface area contributed by atoms with Crippen molar-refractivity contribution in [3.63, 3.8) is 0 Å². The predicted molar refractivity (Wildman–Crippen MR) is 108 cm³/mol. The topological polar surface area (TPSA) is 68.0 Å². The van der Waals surface area contributed by atoms with Crippen molar-refractivity contribution in [1.29, 1.82) is 0 Å². The van der Waals surface area contributed by atoms with Gasteiger partial charge >= 0.3 is 0 Å². The largest absolute Gasteiger partial charge is 0.356 e. The summed E-state index contributed by atoms with van der Waals surface area (Å²) in [6, 6.07) is 17.5. The summed E-state index contributed by atoms with van der Waals surface area (Å²) in [4.78, 5) is 17.6. The van der Waals surface area contributed by atoms with Gasteiger partial charge < -0.3 is 9.84 Å². The van der Waals surface area contributed by atoms with Gasteiger partial charge in [0.1, 0.15) is 5.82 Å². The second-order valence-corrected chi connectivity index (χ2v) is 7.42. The Hall–Kier alpha value is -3.54. The van der Waals surface area contributed by atoms with Crippen LogP contribution in [-0.4, -0.2) is 16.0 Å². The Morgan fingerprint density at radius 2 is 1.93 bits per heavy atom. The zero-order valence-electron chi connectivity index (χ0n) is 15.8. The molecule has 2 heterocycles. The Kier molecular flexibility index (Phi) is 3.94. The van der Waals surface area contributed by atoms with Gasteiger partial charge in [-0.05, 0) is 56.2 Å². The molecular weight excluding hydrogens is 369 g/mol. The molecule has 2 aromatic carbocycles. The van der Waals surface area contributed by atoms with Gasteiger partial charge in [-0.25, -0.2) is 4.39 Å². The molecule has 0 aliphatic heterocycles. The highest BCUT2D eigenvalue weighted by Crippen LogP contribution is 2.49. The lowest BCUT2D eigenvalue weighted by molar-refractivity contribution is -0.118. The first-order valence-corrected chi connectivity index (χ1v) is 9.47. The van der Waals surface area contributed by atoms with Gasteiger partial charge in [0.2, 0.25) is 5.91 Å². The number of rotatable bonds is 4. The molecule has 0 bridgehead atoms. The second-order valence-electron chi connectivity index (χ2n) is 7.42. The van der Waals surface area contributed by atoms with E-state index in [0.717, 1.165) is 16.6 Å². The van der Waals surface area contributed by atoms with E-state index in [1.54, 1.807) is 24.3 Å². The summed E-state index contributed by atoms with van der Waals surface area (Å²) >= 11 is 0. The van der Waals surface area contributed by atoms with E-state index in [4.69, 9.17) is 4.52 Å². The molecule has 1 aliphatic rings. The predicted octanol–water partition coefficient (Wildman–Crippen LogP) is 5.01. The standard InChI is InChI=1S/C23H18FN3O2/c1-14-9-10-16-18(25-14)7-4-8-19(16)26-22(28)23(11-12-23)21-13-20(29-27-21)15-5-2-3-6-17(15)24/h2-10,13H,11-12H2,1H3,(H,26,28). The Labute approximate surface area is 166 Å².